The van der Waals surface area contributed by atoms with Crippen LogP contribution in [-0.4, -0.2) is 58.6 Å². The Morgan fingerprint density at radius 1 is 0.149 bits per heavy atom. The van der Waals surface area contributed by atoms with Crippen molar-refractivity contribution >= 4 is 190 Å². The molecule has 0 saturated heterocycles. The van der Waals surface area contributed by atoms with Crippen LogP contribution in [0.5, 0.6) is 0 Å². The van der Waals surface area contributed by atoms with Gasteiger partial charge in [0.25, 0.3) is 0 Å². The zero-order chi connectivity index (χ0) is 93.0. The minimum Gasteiger partial charge on any atom is -0.308 e. The van der Waals surface area contributed by atoms with Gasteiger partial charge in [0.05, 0.1) is 59.2 Å². The van der Waals surface area contributed by atoms with E-state index in [4.69, 9.17) is 44.9 Å². The molecule has 29 rings (SSSR count). The Morgan fingerprint density at radius 2 is 0.369 bits per heavy atom. The molecule has 0 bridgehead atoms. The molecule has 18 heteroatoms. The van der Waals surface area contributed by atoms with E-state index in [0.29, 0.717) is 52.4 Å². The fraction of sp³-hybridized carbons (Fsp3) is 0. The molecule has 0 atom stereocenters. The lowest BCUT2D eigenvalue weighted by molar-refractivity contribution is 1.07. The van der Waals surface area contributed by atoms with Crippen LogP contribution in [-0.2, 0) is 0 Å². The van der Waals surface area contributed by atoms with Crippen LogP contribution in [0, 0.1) is 0 Å². The Balaban J connectivity index is 0.000000106. The summed E-state index contributed by atoms with van der Waals surface area (Å²) in [6.45, 7) is 0. The van der Waals surface area contributed by atoms with E-state index in [1.807, 2.05) is 250 Å². The molecule has 17 aromatic carbocycles. The second-order valence-electron chi connectivity index (χ2n) is 34.6. The van der Waals surface area contributed by atoms with E-state index in [-0.39, 0.29) is 0 Å². The molecule has 141 heavy (non-hydrogen) atoms. The van der Waals surface area contributed by atoms with E-state index in [9.17, 15) is 0 Å². The van der Waals surface area contributed by atoms with Crippen molar-refractivity contribution in [1.29, 1.82) is 0 Å². The average Bonchev–Trinajstić information content (AvgIpc) is 1.55. The number of rotatable bonds is 14. The lowest BCUT2D eigenvalue weighted by Crippen LogP contribution is -2.00. The molecular weight excluding hydrogens is 1840 g/mol. The molecule has 0 aliphatic carbocycles. The van der Waals surface area contributed by atoms with Crippen molar-refractivity contribution in [2.24, 2.45) is 0 Å². The summed E-state index contributed by atoms with van der Waals surface area (Å²) in [5, 5.41) is 11.9. The average molecular weight is 1910 g/mol. The highest BCUT2D eigenvalue weighted by Crippen LogP contribution is 2.54. The first-order chi connectivity index (χ1) is 69.9. The predicted octanol–water partition coefficient (Wildman–Crippen LogP) is 34.5. The summed E-state index contributed by atoms with van der Waals surface area (Å²) in [4.78, 5) is 44.1. The largest absolute Gasteiger partial charge is 0.308 e. The summed E-state index contributed by atoms with van der Waals surface area (Å²) in [7, 11) is 0. The van der Waals surface area contributed by atoms with Crippen LogP contribution in [0.4, 0.5) is 0 Å². The standard InChI is InChI=1S/2C43H26N4S2.C37H22N4S2/c1-4-12-28(13-5-1)40-44-41(29-14-6-2-7-15-29)46-42(45-40)30-22-20-27(21-23-30)31-24-25-35-34(26-31)39-38(47(35)32-16-8-3-9-17-32)37-33-18-10-11-19-36(33)48-43(37)49-39;1-4-12-28(13-5-1)40-44-41(29-14-6-2-7-15-29)46-42(45-40)30-22-20-27(21-23-30)31-24-25-36-34(26-31)37-38-39(49-43(37)48-36)33-18-10-11-19-35(33)47(38)32-16-8-3-9-17-32;1-3-11-23(12-4-1)34-38-35(24-13-5-2-6-14-24)40-36(39-34)25-19-21-26(22-20-25)41-29-17-9-7-15-27(29)33-32(41)31-28-16-8-10-18-30(28)42-37(31)43-33/h2*1-26H;1-22H. The maximum atomic E-state index is 4.93. The van der Waals surface area contributed by atoms with Crippen LogP contribution < -0.4 is 0 Å². The van der Waals surface area contributed by atoms with Crippen molar-refractivity contribution in [3.05, 3.63) is 449 Å². The van der Waals surface area contributed by atoms with Gasteiger partial charge < -0.3 is 13.7 Å². The molecule has 12 aromatic heterocycles. The molecular formula is C123H74N12S6. The van der Waals surface area contributed by atoms with E-state index in [0.717, 1.165) is 66.9 Å². The minimum absolute atomic E-state index is 0.655. The van der Waals surface area contributed by atoms with Crippen LogP contribution in [0.2, 0.25) is 0 Å². The Labute approximate surface area is 832 Å². The van der Waals surface area contributed by atoms with Crippen LogP contribution in [0.15, 0.2) is 449 Å². The Morgan fingerprint density at radius 3 is 0.702 bits per heavy atom. The Hall–Kier alpha value is -17.1. The summed E-state index contributed by atoms with van der Waals surface area (Å²) in [5.74, 6) is 5.94. The van der Waals surface area contributed by atoms with E-state index in [1.165, 1.54) is 144 Å². The normalized spacial score (nSPS) is 11.7. The first-order valence-corrected chi connectivity index (χ1v) is 51.4. The van der Waals surface area contributed by atoms with Crippen LogP contribution in [0.1, 0.15) is 0 Å². The van der Waals surface area contributed by atoms with Gasteiger partial charge in [-0.2, -0.15) is 0 Å². The lowest BCUT2D eigenvalue weighted by atomic mass is 10.0. The minimum atomic E-state index is 0.655. The zero-order valence-electron chi connectivity index (χ0n) is 75.0. The molecule has 0 radical (unpaired) electrons. The van der Waals surface area contributed by atoms with Crippen LogP contribution >= 0.6 is 68.0 Å². The highest BCUT2D eigenvalue weighted by molar-refractivity contribution is 7.46. The van der Waals surface area contributed by atoms with Gasteiger partial charge in [0, 0.05) is 130 Å². The van der Waals surface area contributed by atoms with Gasteiger partial charge in [-0.15, -0.1) is 68.0 Å². The van der Waals surface area contributed by atoms with Gasteiger partial charge in [-0.25, -0.2) is 44.9 Å². The summed E-state index contributed by atoms with van der Waals surface area (Å²) in [6, 6.07) is 157. The summed E-state index contributed by atoms with van der Waals surface area (Å²) in [5.41, 5.74) is 24.3. The molecule has 12 nitrogen and oxygen atoms in total. The molecule has 0 unspecified atom stereocenters. The number of para-hydroxylation sites is 4. The molecule has 0 fully saturated rings. The van der Waals surface area contributed by atoms with Crippen molar-refractivity contribution in [3.8, 4) is 142 Å². The van der Waals surface area contributed by atoms with Crippen LogP contribution in [0.25, 0.3) is 264 Å². The summed E-state index contributed by atoms with van der Waals surface area (Å²) in [6.07, 6.45) is 0. The van der Waals surface area contributed by atoms with Crippen molar-refractivity contribution in [2.75, 3.05) is 0 Å². The number of benzene rings is 17. The van der Waals surface area contributed by atoms with Crippen molar-refractivity contribution in [3.63, 3.8) is 0 Å². The van der Waals surface area contributed by atoms with Crippen LogP contribution in [0.3, 0.4) is 0 Å². The number of hydrogen-bond acceptors (Lipinski definition) is 15. The second-order valence-corrected chi connectivity index (χ2v) is 41.6. The summed E-state index contributed by atoms with van der Waals surface area (Å²) >= 11 is 11.4. The SMILES string of the molecule is c1ccc(-c2nc(-c3ccccc3)nc(-c3ccc(-c4ccc5c(c4)c4sc6sc7ccccc7c6c4n5-c4ccccc4)cc3)n2)cc1.c1ccc(-c2nc(-c3ccccc3)nc(-c3ccc(-c4ccc5sc6sc7c8ccccc8n(-c8ccccc8)c7c6c5c4)cc3)n2)cc1.c1ccc(-c2nc(-c3ccccc3)nc(-c3ccc(-n4c5ccccc5c5sc6sc7ccccc7c6c54)cc3)n2)cc1. The smallest absolute Gasteiger partial charge is 0.164 e. The summed E-state index contributed by atoms with van der Waals surface area (Å²) < 4.78 is 19.4. The topological polar surface area (TPSA) is 131 Å². The fourth-order valence-electron chi connectivity index (χ4n) is 19.5. The number of thiophene rings is 6. The molecule has 0 aliphatic rings. The van der Waals surface area contributed by atoms with Crippen molar-refractivity contribution in [2.45, 2.75) is 0 Å². The maximum absolute atomic E-state index is 4.93. The van der Waals surface area contributed by atoms with Crippen molar-refractivity contribution in [1.82, 2.24) is 58.6 Å². The first kappa shape index (κ1) is 83.3. The number of fused-ring (bicyclic) bond motifs is 21. The third-order valence-electron chi connectivity index (χ3n) is 26.1. The monoisotopic (exact) mass is 1910 g/mol. The van der Waals surface area contributed by atoms with Gasteiger partial charge in [-0.3, -0.25) is 0 Å². The van der Waals surface area contributed by atoms with Gasteiger partial charge >= 0.3 is 0 Å². The predicted molar refractivity (Wildman–Crippen MR) is 595 cm³/mol. The second kappa shape index (κ2) is 35.2. The molecule has 12 heterocycles. The number of nitrogens with zero attached hydrogens (tertiary/aromatic N) is 12. The quantitative estimate of drug-likeness (QED) is 0.104. The molecule has 29 aromatic rings. The third kappa shape index (κ3) is 14.9. The number of hydrogen-bond donors (Lipinski definition) is 0. The lowest BCUT2D eigenvalue weighted by Gasteiger charge is -2.10. The van der Waals surface area contributed by atoms with Crippen molar-refractivity contribution < 1.29 is 0 Å². The highest BCUT2D eigenvalue weighted by Gasteiger charge is 2.28. The maximum Gasteiger partial charge on any atom is 0.164 e. The molecule has 0 N–H and O–H groups in total. The first-order valence-electron chi connectivity index (χ1n) is 46.5. The molecule has 662 valence electrons. The Kier molecular flexibility index (Phi) is 20.8. The Bertz CT molecular complexity index is 9650. The molecule has 0 saturated carbocycles. The van der Waals surface area contributed by atoms with Gasteiger partial charge in [0.1, 0.15) is 0 Å². The van der Waals surface area contributed by atoms with Gasteiger partial charge in [0.2, 0.25) is 0 Å². The fourth-order valence-corrected chi connectivity index (χ4v) is 27.5. The molecule has 0 aliphatic heterocycles. The number of aromatic nitrogens is 12. The molecule has 0 spiro atoms. The van der Waals surface area contributed by atoms with E-state index < -0.39 is 0 Å². The van der Waals surface area contributed by atoms with E-state index in [1.54, 1.807) is 0 Å². The molecule has 0 amide bonds. The highest BCUT2D eigenvalue weighted by atomic mass is 32.2. The van der Waals surface area contributed by atoms with E-state index >= 15 is 0 Å². The third-order valence-corrected chi connectivity index (χ3v) is 33.5. The zero-order valence-corrected chi connectivity index (χ0v) is 79.9. The van der Waals surface area contributed by atoms with Gasteiger partial charge in [-0.1, -0.05) is 352 Å². The van der Waals surface area contributed by atoms with Gasteiger partial charge in [0.15, 0.2) is 52.4 Å². The van der Waals surface area contributed by atoms with E-state index in [2.05, 4.69) is 281 Å². The van der Waals surface area contributed by atoms with Gasteiger partial charge in [-0.05, 0) is 119 Å².